The van der Waals surface area contributed by atoms with E-state index in [1.165, 1.54) is 0 Å². The van der Waals surface area contributed by atoms with Gasteiger partial charge in [0.2, 0.25) is 5.12 Å². The fourth-order valence-corrected chi connectivity index (χ4v) is 2.53. The molecule has 1 saturated heterocycles. The molecule has 1 N–H and O–H groups in total. The SMILES string of the molecule is ClC1(N2CCNCC2)Cn2ccnc2C=N1. The lowest BCUT2D eigenvalue weighted by atomic mass is 10.3. The summed E-state index contributed by atoms with van der Waals surface area (Å²) in [6, 6.07) is 0. The van der Waals surface area contributed by atoms with Crippen molar-refractivity contribution in [1.82, 2.24) is 19.8 Å². The number of piperazine rings is 1. The maximum Gasteiger partial charge on any atom is 0.206 e. The number of hydrogen-bond donors (Lipinski definition) is 1. The largest absolute Gasteiger partial charge is 0.325 e. The number of imidazole rings is 1. The van der Waals surface area contributed by atoms with Crippen molar-refractivity contribution in [1.29, 1.82) is 0 Å². The lowest BCUT2D eigenvalue weighted by molar-refractivity contribution is 0.129. The second-order valence-electron chi connectivity index (χ2n) is 4.13. The number of halogens is 1. The number of hydrogen-bond acceptors (Lipinski definition) is 4. The van der Waals surface area contributed by atoms with Gasteiger partial charge in [-0.25, -0.2) is 9.98 Å². The Hall–Kier alpha value is -0.910. The van der Waals surface area contributed by atoms with E-state index in [2.05, 4.69) is 20.2 Å². The molecule has 6 heteroatoms. The van der Waals surface area contributed by atoms with E-state index in [9.17, 15) is 0 Å². The maximum atomic E-state index is 6.59. The Bertz CT molecular complexity index is 409. The molecule has 0 radical (unpaired) electrons. The van der Waals surface area contributed by atoms with Crippen molar-refractivity contribution in [2.24, 2.45) is 4.99 Å². The van der Waals surface area contributed by atoms with Crippen LogP contribution in [0.5, 0.6) is 0 Å². The Morgan fingerprint density at radius 2 is 2.19 bits per heavy atom. The van der Waals surface area contributed by atoms with Gasteiger partial charge in [0.1, 0.15) is 0 Å². The van der Waals surface area contributed by atoms with E-state index in [1.54, 1.807) is 12.4 Å². The highest BCUT2D eigenvalue weighted by Gasteiger charge is 2.37. The van der Waals surface area contributed by atoms with Crippen LogP contribution in [0.15, 0.2) is 17.4 Å². The quantitative estimate of drug-likeness (QED) is 0.559. The zero-order valence-electron chi connectivity index (χ0n) is 8.93. The molecule has 86 valence electrons. The summed E-state index contributed by atoms with van der Waals surface area (Å²) in [5, 5.41) is 2.68. The van der Waals surface area contributed by atoms with Crippen molar-refractivity contribution in [2.75, 3.05) is 26.2 Å². The van der Waals surface area contributed by atoms with Crippen LogP contribution < -0.4 is 5.32 Å². The average Bonchev–Trinajstić information content (AvgIpc) is 2.77. The molecule has 5 nitrogen and oxygen atoms in total. The molecule has 2 aliphatic heterocycles. The second-order valence-corrected chi connectivity index (χ2v) is 4.73. The molecular formula is C10H14ClN5. The van der Waals surface area contributed by atoms with Gasteiger partial charge in [-0.2, -0.15) is 0 Å². The molecule has 1 atom stereocenters. The summed E-state index contributed by atoms with van der Waals surface area (Å²) < 4.78 is 2.04. The van der Waals surface area contributed by atoms with Crippen LogP contribution in [-0.4, -0.2) is 52.0 Å². The van der Waals surface area contributed by atoms with E-state index < -0.39 is 5.12 Å². The van der Waals surface area contributed by atoms with E-state index in [0.29, 0.717) is 6.54 Å². The van der Waals surface area contributed by atoms with E-state index in [-0.39, 0.29) is 0 Å². The van der Waals surface area contributed by atoms with Crippen LogP contribution in [-0.2, 0) is 6.54 Å². The molecule has 0 aromatic carbocycles. The van der Waals surface area contributed by atoms with E-state index in [0.717, 1.165) is 32.0 Å². The van der Waals surface area contributed by atoms with E-state index >= 15 is 0 Å². The molecule has 2 aliphatic rings. The fraction of sp³-hybridized carbons (Fsp3) is 0.600. The van der Waals surface area contributed by atoms with Crippen LogP contribution in [0.25, 0.3) is 0 Å². The van der Waals surface area contributed by atoms with Crippen LogP contribution in [0, 0.1) is 0 Å². The molecule has 0 aliphatic carbocycles. The second kappa shape index (κ2) is 3.84. The first-order chi connectivity index (χ1) is 7.78. The van der Waals surface area contributed by atoms with Crippen LogP contribution in [0.1, 0.15) is 5.82 Å². The minimum atomic E-state index is -0.629. The molecule has 3 rings (SSSR count). The first-order valence-corrected chi connectivity index (χ1v) is 5.87. The molecule has 1 unspecified atom stereocenters. The Balaban J connectivity index is 1.84. The van der Waals surface area contributed by atoms with Crippen molar-refractivity contribution in [3.05, 3.63) is 18.2 Å². The van der Waals surface area contributed by atoms with Crippen molar-refractivity contribution in [2.45, 2.75) is 11.7 Å². The molecule has 0 spiro atoms. The van der Waals surface area contributed by atoms with Gasteiger partial charge in [-0.15, -0.1) is 0 Å². The highest BCUT2D eigenvalue weighted by atomic mass is 35.5. The third-order valence-electron chi connectivity index (χ3n) is 3.10. The molecule has 0 saturated carbocycles. The highest BCUT2D eigenvalue weighted by molar-refractivity contribution is 6.24. The van der Waals surface area contributed by atoms with Gasteiger partial charge in [-0.05, 0) is 0 Å². The summed E-state index contributed by atoms with van der Waals surface area (Å²) in [7, 11) is 0. The highest BCUT2D eigenvalue weighted by Crippen LogP contribution is 2.28. The minimum absolute atomic E-state index is 0.629. The van der Waals surface area contributed by atoms with Crippen molar-refractivity contribution >= 4 is 17.8 Å². The van der Waals surface area contributed by atoms with Crippen LogP contribution in [0.4, 0.5) is 0 Å². The molecule has 16 heavy (non-hydrogen) atoms. The van der Waals surface area contributed by atoms with Gasteiger partial charge < -0.3 is 9.88 Å². The fourth-order valence-electron chi connectivity index (χ4n) is 2.19. The van der Waals surface area contributed by atoms with Crippen molar-refractivity contribution < 1.29 is 0 Å². The standard InChI is InChI=1S/C10H14ClN5/c11-10(16-5-1-12-2-6-16)8-15-4-3-13-9(15)7-14-10/h3-4,7,12H,1-2,5-6,8H2. The van der Waals surface area contributed by atoms with Gasteiger partial charge in [0.05, 0.1) is 12.8 Å². The number of alkyl halides is 1. The van der Waals surface area contributed by atoms with Gasteiger partial charge in [0, 0.05) is 38.6 Å². The third-order valence-corrected chi connectivity index (χ3v) is 3.55. The summed E-state index contributed by atoms with van der Waals surface area (Å²) in [6.07, 6.45) is 5.49. The molecule has 0 amide bonds. The summed E-state index contributed by atoms with van der Waals surface area (Å²) in [5.41, 5.74) is 0. The van der Waals surface area contributed by atoms with Gasteiger partial charge in [-0.3, -0.25) is 4.90 Å². The first kappa shape index (κ1) is 10.3. The van der Waals surface area contributed by atoms with Gasteiger partial charge in [0.15, 0.2) is 5.82 Å². The predicted molar refractivity (Wildman–Crippen MR) is 62.8 cm³/mol. The Morgan fingerprint density at radius 1 is 1.38 bits per heavy atom. The maximum absolute atomic E-state index is 6.59. The molecule has 1 aromatic heterocycles. The minimum Gasteiger partial charge on any atom is -0.325 e. The molecule has 3 heterocycles. The molecular weight excluding hydrogens is 226 g/mol. The monoisotopic (exact) mass is 239 g/mol. The summed E-state index contributed by atoms with van der Waals surface area (Å²) in [5.74, 6) is 0.881. The van der Waals surface area contributed by atoms with E-state index in [4.69, 9.17) is 11.6 Å². The average molecular weight is 240 g/mol. The Kier molecular flexibility index (Phi) is 2.46. The van der Waals surface area contributed by atoms with Crippen molar-refractivity contribution in [3.63, 3.8) is 0 Å². The molecule has 1 fully saturated rings. The Morgan fingerprint density at radius 3 is 3.00 bits per heavy atom. The third kappa shape index (κ3) is 1.65. The van der Waals surface area contributed by atoms with Gasteiger partial charge in [0.25, 0.3) is 0 Å². The first-order valence-electron chi connectivity index (χ1n) is 5.49. The molecule has 0 bridgehead atoms. The lowest BCUT2D eigenvalue weighted by Crippen LogP contribution is -2.55. The summed E-state index contributed by atoms with van der Waals surface area (Å²) >= 11 is 6.59. The normalized spacial score (nSPS) is 30.3. The lowest BCUT2D eigenvalue weighted by Gasteiger charge is -2.40. The smallest absolute Gasteiger partial charge is 0.206 e. The number of aliphatic imine (C=N–C) groups is 1. The van der Waals surface area contributed by atoms with Crippen molar-refractivity contribution in [3.8, 4) is 0 Å². The zero-order chi connectivity index (χ0) is 11.0. The van der Waals surface area contributed by atoms with E-state index in [1.807, 2.05) is 10.8 Å². The number of nitrogens with zero attached hydrogens (tertiary/aromatic N) is 4. The number of fused-ring (bicyclic) bond motifs is 1. The van der Waals surface area contributed by atoms with Crippen LogP contribution in [0.2, 0.25) is 0 Å². The predicted octanol–water partition coefficient (Wildman–Crippen LogP) is 0.113. The summed E-state index contributed by atoms with van der Waals surface area (Å²) in [4.78, 5) is 10.9. The topological polar surface area (TPSA) is 45.5 Å². The molecule has 1 aromatic rings. The summed E-state index contributed by atoms with van der Waals surface area (Å²) in [6.45, 7) is 4.48. The van der Waals surface area contributed by atoms with Crippen LogP contribution in [0.3, 0.4) is 0 Å². The van der Waals surface area contributed by atoms with Gasteiger partial charge in [-0.1, -0.05) is 11.6 Å². The van der Waals surface area contributed by atoms with Crippen LogP contribution >= 0.6 is 11.6 Å². The Labute approximate surface area is 99.1 Å². The number of rotatable bonds is 1. The zero-order valence-corrected chi connectivity index (χ0v) is 9.69. The number of nitrogens with one attached hydrogen (secondary N) is 1. The van der Waals surface area contributed by atoms with Gasteiger partial charge >= 0.3 is 0 Å². The number of aromatic nitrogens is 2.